The molecule has 1 heterocycles. The van der Waals surface area contributed by atoms with Gasteiger partial charge in [-0.15, -0.1) is 11.3 Å². The predicted molar refractivity (Wildman–Crippen MR) is 78.1 cm³/mol. The number of nitrogens with one attached hydrogen (secondary N) is 1. The highest BCUT2D eigenvalue weighted by atomic mass is 32.2. The van der Waals surface area contributed by atoms with Crippen molar-refractivity contribution in [2.24, 2.45) is 0 Å². The van der Waals surface area contributed by atoms with Crippen molar-refractivity contribution in [1.82, 2.24) is 4.72 Å². The number of thiophene rings is 1. The summed E-state index contributed by atoms with van der Waals surface area (Å²) in [5.41, 5.74) is 0.785. The molecule has 112 valence electrons. The van der Waals surface area contributed by atoms with Gasteiger partial charge in [0.2, 0.25) is 10.0 Å². The SMILES string of the molecule is Cc1csc(C(=O)O)c1S(=O)(=O)NCc1ccccc1O. The minimum atomic E-state index is -3.97. The molecule has 0 amide bonds. The molecule has 3 N–H and O–H groups in total. The minimum Gasteiger partial charge on any atom is -0.508 e. The first-order valence-corrected chi connectivity index (χ1v) is 8.27. The topological polar surface area (TPSA) is 104 Å². The number of carboxylic acid groups (broad SMARTS) is 1. The van der Waals surface area contributed by atoms with E-state index in [-0.39, 0.29) is 22.1 Å². The van der Waals surface area contributed by atoms with Crippen molar-refractivity contribution in [1.29, 1.82) is 0 Å². The molecule has 1 aromatic carbocycles. The largest absolute Gasteiger partial charge is 0.508 e. The van der Waals surface area contributed by atoms with Crippen LogP contribution >= 0.6 is 11.3 Å². The number of phenols is 1. The van der Waals surface area contributed by atoms with Gasteiger partial charge in [0.25, 0.3) is 0 Å². The number of para-hydroxylation sites is 1. The lowest BCUT2D eigenvalue weighted by Crippen LogP contribution is -2.25. The zero-order valence-corrected chi connectivity index (χ0v) is 12.7. The van der Waals surface area contributed by atoms with E-state index in [9.17, 15) is 18.3 Å². The first-order valence-electron chi connectivity index (χ1n) is 5.91. The highest BCUT2D eigenvalue weighted by Gasteiger charge is 2.26. The molecular formula is C13H13NO5S2. The molecule has 0 fully saturated rings. The predicted octanol–water partition coefficient (Wildman–Crippen LogP) is 1.94. The number of carbonyl (C=O) groups is 1. The number of phenolic OH excluding ortho intramolecular Hbond substituents is 1. The van der Waals surface area contributed by atoms with Gasteiger partial charge in [-0.25, -0.2) is 17.9 Å². The summed E-state index contributed by atoms with van der Waals surface area (Å²) in [7, 11) is -3.97. The molecule has 2 aromatic rings. The molecule has 0 unspecified atom stereocenters. The molecule has 0 atom stereocenters. The Morgan fingerprint density at radius 3 is 2.62 bits per heavy atom. The highest BCUT2D eigenvalue weighted by Crippen LogP contribution is 2.27. The lowest BCUT2D eigenvalue weighted by atomic mass is 10.2. The van der Waals surface area contributed by atoms with E-state index in [1.807, 2.05) is 0 Å². The summed E-state index contributed by atoms with van der Waals surface area (Å²) < 4.78 is 26.9. The average Bonchev–Trinajstić information content (AvgIpc) is 2.81. The van der Waals surface area contributed by atoms with E-state index in [0.29, 0.717) is 11.1 Å². The molecule has 21 heavy (non-hydrogen) atoms. The first-order chi connectivity index (χ1) is 9.83. The van der Waals surface area contributed by atoms with Gasteiger partial charge in [0.05, 0.1) is 0 Å². The first kappa shape index (κ1) is 15.5. The number of rotatable bonds is 5. The van der Waals surface area contributed by atoms with Gasteiger partial charge in [-0.3, -0.25) is 0 Å². The highest BCUT2D eigenvalue weighted by molar-refractivity contribution is 7.89. The Bertz CT molecular complexity index is 780. The van der Waals surface area contributed by atoms with Gasteiger partial charge in [0.1, 0.15) is 15.5 Å². The van der Waals surface area contributed by atoms with Crippen LogP contribution in [0.2, 0.25) is 0 Å². The number of aromatic carboxylic acids is 1. The van der Waals surface area contributed by atoms with Crippen LogP contribution in [0, 0.1) is 6.92 Å². The summed E-state index contributed by atoms with van der Waals surface area (Å²) in [6.45, 7) is 1.42. The van der Waals surface area contributed by atoms with E-state index in [4.69, 9.17) is 5.11 Å². The van der Waals surface area contributed by atoms with E-state index in [1.165, 1.54) is 18.4 Å². The smallest absolute Gasteiger partial charge is 0.347 e. The molecule has 0 aliphatic heterocycles. The number of hydrogen-bond donors (Lipinski definition) is 3. The van der Waals surface area contributed by atoms with Gasteiger partial charge in [-0.1, -0.05) is 18.2 Å². The molecule has 2 rings (SSSR count). The van der Waals surface area contributed by atoms with Crippen LogP contribution in [0.5, 0.6) is 5.75 Å². The number of benzene rings is 1. The van der Waals surface area contributed by atoms with Crippen molar-refractivity contribution >= 4 is 27.3 Å². The van der Waals surface area contributed by atoms with Crippen molar-refractivity contribution in [3.63, 3.8) is 0 Å². The van der Waals surface area contributed by atoms with Gasteiger partial charge < -0.3 is 10.2 Å². The molecule has 8 heteroatoms. The van der Waals surface area contributed by atoms with Crippen molar-refractivity contribution in [3.05, 3.63) is 45.6 Å². The Balaban J connectivity index is 2.30. The Hall–Kier alpha value is -1.90. The average molecular weight is 327 g/mol. The molecule has 0 aliphatic carbocycles. The zero-order valence-electron chi connectivity index (χ0n) is 11.0. The Morgan fingerprint density at radius 1 is 1.33 bits per heavy atom. The molecule has 0 radical (unpaired) electrons. The van der Waals surface area contributed by atoms with Crippen molar-refractivity contribution < 1.29 is 23.4 Å². The maximum absolute atomic E-state index is 12.3. The van der Waals surface area contributed by atoms with Gasteiger partial charge >= 0.3 is 5.97 Å². The van der Waals surface area contributed by atoms with Gasteiger partial charge in [-0.2, -0.15) is 0 Å². The molecule has 1 aromatic heterocycles. The maximum atomic E-state index is 12.3. The molecule has 0 saturated carbocycles. The number of sulfonamides is 1. The lowest BCUT2D eigenvalue weighted by molar-refractivity contribution is 0.0698. The van der Waals surface area contributed by atoms with E-state index in [2.05, 4.69) is 4.72 Å². The monoisotopic (exact) mass is 327 g/mol. The Kier molecular flexibility index (Phi) is 4.31. The van der Waals surface area contributed by atoms with Gasteiger partial charge in [0, 0.05) is 12.1 Å². The molecule has 0 saturated heterocycles. The molecule has 0 bridgehead atoms. The zero-order chi connectivity index (χ0) is 15.6. The van der Waals surface area contributed by atoms with Crippen molar-refractivity contribution in [2.75, 3.05) is 0 Å². The van der Waals surface area contributed by atoms with Crippen molar-refractivity contribution in [3.8, 4) is 5.75 Å². The Morgan fingerprint density at radius 2 is 2.00 bits per heavy atom. The third-order valence-electron chi connectivity index (χ3n) is 2.83. The van der Waals surface area contributed by atoms with Crippen LogP contribution in [0.4, 0.5) is 0 Å². The molecule has 0 aliphatic rings. The van der Waals surface area contributed by atoms with E-state index >= 15 is 0 Å². The van der Waals surface area contributed by atoms with Crippen molar-refractivity contribution in [2.45, 2.75) is 18.4 Å². The summed E-state index contributed by atoms with van der Waals surface area (Å²) in [5.74, 6) is -1.31. The van der Waals surface area contributed by atoms with Crippen LogP contribution in [-0.4, -0.2) is 24.6 Å². The van der Waals surface area contributed by atoms with Crippen LogP contribution in [0.1, 0.15) is 20.8 Å². The normalized spacial score (nSPS) is 11.5. The summed E-state index contributed by atoms with van der Waals surface area (Å²) in [4.78, 5) is 10.6. The fourth-order valence-corrected chi connectivity index (χ4v) is 4.45. The second-order valence-electron chi connectivity index (χ2n) is 4.34. The summed E-state index contributed by atoms with van der Waals surface area (Å²) >= 11 is 0.868. The van der Waals surface area contributed by atoms with Crippen LogP contribution < -0.4 is 4.72 Å². The second-order valence-corrected chi connectivity index (χ2v) is 6.92. The number of hydrogen-bond acceptors (Lipinski definition) is 5. The summed E-state index contributed by atoms with van der Waals surface area (Å²) in [6.07, 6.45) is 0. The fourth-order valence-electron chi connectivity index (χ4n) is 1.82. The summed E-state index contributed by atoms with van der Waals surface area (Å²) in [6, 6.07) is 6.32. The fraction of sp³-hybridized carbons (Fsp3) is 0.154. The maximum Gasteiger partial charge on any atom is 0.347 e. The van der Waals surface area contributed by atoms with Gasteiger partial charge in [0.15, 0.2) is 0 Å². The number of aromatic hydroxyl groups is 1. The van der Waals surface area contributed by atoms with Crippen LogP contribution in [-0.2, 0) is 16.6 Å². The minimum absolute atomic E-state index is 0.0271. The number of carboxylic acids is 1. The van der Waals surface area contributed by atoms with Crippen LogP contribution in [0.15, 0.2) is 34.5 Å². The summed E-state index contributed by atoms with van der Waals surface area (Å²) in [5, 5.41) is 20.1. The van der Waals surface area contributed by atoms with Crippen LogP contribution in [0.3, 0.4) is 0 Å². The van der Waals surface area contributed by atoms with Gasteiger partial charge in [-0.05, 0) is 23.9 Å². The quantitative estimate of drug-likeness (QED) is 0.778. The van der Waals surface area contributed by atoms with E-state index in [1.54, 1.807) is 18.2 Å². The Labute approximate surface area is 125 Å². The molecule has 6 nitrogen and oxygen atoms in total. The van der Waals surface area contributed by atoms with Crippen LogP contribution in [0.25, 0.3) is 0 Å². The third-order valence-corrected chi connectivity index (χ3v) is 5.63. The third kappa shape index (κ3) is 3.23. The lowest BCUT2D eigenvalue weighted by Gasteiger charge is -2.09. The molecular weight excluding hydrogens is 314 g/mol. The standard InChI is InChI=1S/C13H13NO5S2/c1-8-7-20-11(13(16)17)12(8)21(18,19)14-6-9-4-2-3-5-10(9)15/h2-5,7,14-15H,6H2,1H3,(H,16,17). The van der Waals surface area contributed by atoms with E-state index < -0.39 is 16.0 Å². The van der Waals surface area contributed by atoms with E-state index in [0.717, 1.165) is 11.3 Å². The second kappa shape index (κ2) is 5.84. The molecule has 0 spiro atoms. The number of aryl methyl sites for hydroxylation is 1.